The van der Waals surface area contributed by atoms with Gasteiger partial charge in [0, 0.05) is 84.6 Å². The number of hydrogen-bond donors (Lipinski definition) is 0. The summed E-state index contributed by atoms with van der Waals surface area (Å²) in [5.74, 6) is 0. The minimum Gasteiger partial charge on any atom is -0.381 e. The Labute approximate surface area is 313 Å². The maximum absolute atomic E-state index is 5.98. The van der Waals surface area contributed by atoms with E-state index in [-0.39, 0.29) is 67.1 Å². The molecular formula is C40H80O11. The smallest absolute Gasteiger partial charge is 0.0630 e. The molecule has 0 aliphatic heterocycles. The molecule has 0 radical (unpaired) electrons. The van der Waals surface area contributed by atoms with Gasteiger partial charge in [0.2, 0.25) is 0 Å². The van der Waals surface area contributed by atoms with Gasteiger partial charge in [-0.1, -0.05) is 32.3 Å². The van der Waals surface area contributed by atoms with Crippen LogP contribution in [0.1, 0.15) is 103 Å². The highest BCUT2D eigenvalue weighted by atomic mass is 16.5. The third-order valence-electron chi connectivity index (χ3n) is 10.5. The predicted molar refractivity (Wildman–Crippen MR) is 204 cm³/mol. The topological polar surface area (TPSA) is 102 Å². The Bertz CT molecular complexity index is 775. The lowest BCUT2D eigenvalue weighted by Crippen LogP contribution is -2.34. The van der Waals surface area contributed by atoms with Gasteiger partial charge in [0.05, 0.1) is 67.1 Å². The summed E-state index contributed by atoms with van der Waals surface area (Å²) < 4.78 is 64.7. The molecule has 0 N–H and O–H groups in total. The lowest BCUT2D eigenvalue weighted by molar-refractivity contribution is -0.0614. The Morgan fingerprint density at radius 3 is 0.745 bits per heavy atom. The maximum atomic E-state index is 5.98. The van der Waals surface area contributed by atoms with Crippen LogP contribution in [-0.2, 0) is 52.1 Å². The first-order chi connectivity index (χ1) is 24.7. The zero-order chi connectivity index (χ0) is 38.4. The van der Waals surface area contributed by atoms with Crippen LogP contribution in [0.2, 0.25) is 0 Å². The fourth-order valence-corrected chi connectivity index (χ4v) is 6.96. The van der Waals surface area contributed by atoms with Crippen LogP contribution in [0.4, 0.5) is 0 Å². The third-order valence-corrected chi connectivity index (χ3v) is 10.5. The number of methoxy groups -OCH3 is 11. The molecule has 0 spiro atoms. The van der Waals surface area contributed by atoms with Crippen LogP contribution in [0.3, 0.4) is 0 Å². The average molecular weight is 737 g/mol. The molecule has 0 aromatic heterocycles. The van der Waals surface area contributed by atoms with Crippen LogP contribution in [0.15, 0.2) is 12.7 Å². The monoisotopic (exact) mass is 737 g/mol. The fraction of sp³-hybridized carbons (Fsp3) is 0.950. The summed E-state index contributed by atoms with van der Waals surface area (Å²) in [6.07, 6.45) is 14.6. The van der Waals surface area contributed by atoms with E-state index < -0.39 is 0 Å². The van der Waals surface area contributed by atoms with Crippen molar-refractivity contribution in [2.24, 2.45) is 0 Å². The van der Waals surface area contributed by atoms with Gasteiger partial charge < -0.3 is 52.1 Å². The van der Waals surface area contributed by atoms with Gasteiger partial charge in [-0.15, -0.1) is 6.58 Å². The molecule has 0 aliphatic rings. The molecule has 0 unspecified atom stereocenters. The average Bonchev–Trinajstić information content (AvgIpc) is 3.16. The molecule has 0 aromatic rings. The van der Waals surface area contributed by atoms with Gasteiger partial charge in [-0.2, -0.15) is 0 Å². The molecular weight excluding hydrogens is 656 g/mol. The standard InChI is InChI=1S/C40H80O11/c1-14-16-17-19-31(42-4)21-33(44-6)23-35(46-8)25-37(48-10)27-39(50-12)29-40(51-13)28-38(49-11)26-36(47-9)24-34(45-7)22-32(43-5)20-30(41-3)18-15-2/h15,30-40H,2,14,16-29H2,1,3-13H3/t30-,31+,32-,33+,34-,35+,36-,37+,38-,39+,40-/m0/s1. The molecule has 0 rings (SSSR count). The Morgan fingerprint density at radius 2 is 0.549 bits per heavy atom. The number of rotatable bonds is 37. The fourth-order valence-electron chi connectivity index (χ4n) is 6.96. The lowest BCUT2D eigenvalue weighted by Gasteiger charge is -2.31. The molecule has 0 saturated carbocycles. The zero-order valence-electron chi connectivity index (χ0n) is 34.7. The van der Waals surface area contributed by atoms with Crippen molar-refractivity contribution in [3.8, 4) is 0 Å². The van der Waals surface area contributed by atoms with E-state index in [2.05, 4.69) is 13.5 Å². The molecule has 306 valence electrons. The van der Waals surface area contributed by atoms with Crippen LogP contribution in [0.5, 0.6) is 0 Å². The van der Waals surface area contributed by atoms with Gasteiger partial charge in [0.1, 0.15) is 0 Å². The number of hydrogen-bond acceptors (Lipinski definition) is 11. The molecule has 0 bridgehead atoms. The van der Waals surface area contributed by atoms with Crippen LogP contribution in [0.25, 0.3) is 0 Å². The first kappa shape index (κ1) is 50.3. The van der Waals surface area contributed by atoms with Crippen molar-refractivity contribution in [3.63, 3.8) is 0 Å². The van der Waals surface area contributed by atoms with Crippen LogP contribution < -0.4 is 0 Å². The molecule has 11 heteroatoms. The Kier molecular flexibility index (Phi) is 32.3. The first-order valence-electron chi connectivity index (χ1n) is 19.1. The maximum Gasteiger partial charge on any atom is 0.0630 e. The van der Waals surface area contributed by atoms with Gasteiger partial charge in [-0.25, -0.2) is 0 Å². The SMILES string of the molecule is C=CC[C@@H](C[C@@H](C[C@@H](C[C@@H](C[C@@H](C[C@@H](C[C@@H](C[C@@H](C[C@@H](C[C@@H](C[C@@H](CCCCC)OC)OC)OC)OC)OC)OC)OC)OC)OC)OC)OC. The Morgan fingerprint density at radius 1 is 0.333 bits per heavy atom. The van der Waals surface area contributed by atoms with E-state index >= 15 is 0 Å². The molecule has 0 fully saturated rings. The zero-order valence-corrected chi connectivity index (χ0v) is 34.7. The summed E-state index contributed by atoms with van der Waals surface area (Å²) in [7, 11) is 19.3. The van der Waals surface area contributed by atoms with Gasteiger partial charge in [-0.3, -0.25) is 0 Å². The van der Waals surface area contributed by atoms with E-state index in [0.717, 1.165) is 51.4 Å². The summed E-state index contributed by atoms with van der Waals surface area (Å²) in [5, 5.41) is 0. The number of unbranched alkanes of at least 4 members (excludes halogenated alkanes) is 2. The Balaban J connectivity index is 5.28. The van der Waals surface area contributed by atoms with Crippen molar-refractivity contribution in [1.82, 2.24) is 0 Å². The lowest BCUT2D eigenvalue weighted by atomic mass is 9.93. The van der Waals surface area contributed by atoms with E-state index in [1.54, 1.807) is 78.2 Å². The van der Waals surface area contributed by atoms with Crippen molar-refractivity contribution >= 4 is 0 Å². The second-order valence-corrected chi connectivity index (χ2v) is 13.8. The molecule has 0 saturated heterocycles. The van der Waals surface area contributed by atoms with Gasteiger partial charge in [0.15, 0.2) is 0 Å². The summed E-state index contributed by atoms with van der Waals surface area (Å²) in [6.45, 7) is 6.06. The highest BCUT2D eigenvalue weighted by molar-refractivity contribution is 4.82. The molecule has 0 heterocycles. The van der Waals surface area contributed by atoms with E-state index in [0.29, 0.717) is 25.7 Å². The molecule has 11 nitrogen and oxygen atoms in total. The van der Waals surface area contributed by atoms with Gasteiger partial charge >= 0.3 is 0 Å². The molecule has 51 heavy (non-hydrogen) atoms. The predicted octanol–water partition coefficient (Wildman–Crippen LogP) is 7.21. The molecule has 0 aliphatic carbocycles. The molecule has 0 aromatic carbocycles. The van der Waals surface area contributed by atoms with E-state index in [4.69, 9.17) is 52.1 Å². The van der Waals surface area contributed by atoms with E-state index in [1.165, 1.54) is 19.3 Å². The highest BCUT2D eigenvalue weighted by Gasteiger charge is 2.29. The van der Waals surface area contributed by atoms with Crippen molar-refractivity contribution in [3.05, 3.63) is 12.7 Å². The summed E-state index contributed by atoms with van der Waals surface area (Å²) in [5.41, 5.74) is 0. The van der Waals surface area contributed by atoms with E-state index in [9.17, 15) is 0 Å². The minimum absolute atomic E-state index is 0.000681. The van der Waals surface area contributed by atoms with Crippen LogP contribution in [-0.4, -0.2) is 145 Å². The van der Waals surface area contributed by atoms with E-state index in [1.807, 2.05) is 6.08 Å². The van der Waals surface area contributed by atoms with Gasteiger partial charge in [-0.05, 0) is 70.6 Å². The van der Waals surface area contributed by atoms with Crippen LogP contribution in [0, 0.1) is 0 Å². The largest absolute Gasteiger partial charge is 0.381 e. The normalized spacial score (nSPS) is 18.7. The summed E-state index contributed by atoms with van der Waals surface area (Å²) in [4.78, 5) is 0. The van der Waals surface area contributed by atoms with Crippen molar-refractivity contribution in [1.29, 1.82) is 0 Å². The number of ether oxygens (including phenoxy) is 11. The quantitative estimate of drug-likeness (QED) is 0.0478. The van der Waals surface area contributed by atoms with Crippen molar-refractivity contribution in [2.75, 3.05) is 78.2 Å². The highest BCUT2D eigenvalue weighted by Crippen LogP contribution is 2.26. The summed E-state index contributed by atoms with van der Waals surface area (Å²) >= 11 is 0. The first-order valence-corrected chi connectivity index (χ1v) is 19.1. The van der Waals surface area contributed by atoms with Crippen LogP contribution >= 0.6 is 0 Å². The molecule has 0 amide bonds. The Hall–Kier alpha value is -0.700. The minimum atomic E-state index is -0.0726. The second-order valence-electron chi connectivity index (χ2n) is 13.8. The van der Waals surface area contributed by atoms with Gasteiger partial charge in [0.25, 0.3) is 0 Å². The molecule has 11 atom stereocenters. The van der Waals surface area contributed by atoms with Crippen molar-refractivity contribution < 1.29 is 52.1 Å². The van der Waals surface area contributed by atoms with Crippen molar-refractivity contribution in [2.45, 2.75) is 170 Å². The second kappa shape index (κ2) is 32.7. The third kappa shape index (κ3) is 23.0. The summed E-state index contributed by atoms with van der Waals surface area (Å²) in [6, 6.07) is 0.